The molecule has 0 aliphatic heterocycles. The quantitative estimate of drug-likeness (QED) is 0.522. The number of benzene rings is 3. The van der Waals surface area contributed by atoms with Crippen LogP contribution in [-0.4, -0.2) is 4.98 Å². The second kappa shape index (κ2) is 7.77. The number of H-pyrrole nitrogens is 1. The molecule has 0 bridgehead atoms. The molecule has 3 heteroatoms. The van der Waals surface area contributed by atoms with E-state index in [0.717, 1.165) is 33.2 Å². The first-order chi connectivity index (χ1) is 14.2. The van der Waals surface area contributed by atoms with E-state index >= 15 is 0 Å². The van der Waals surface area contributed by atoms with Crippen LogP contribution in [0.25, 0.3) is 10.9 Å². The molecule has 0 radical (unpaired) electrons. The van der Waals surface area contributed by atoms with Gasteiger partial charge in [-0.05, 0) is 47.1 Å². The number of nitrogens with one attached hydrogen (secondary N) is 1. The van der Waals surface area contributed by atoms with Gasteiger partial charge >= 0.3 is 0 Å². The fourth-order valence-electron chi connectivity index (χ4n) is 3.94. The van der Waals surface area contributed by atoms with Crippen LogP contribution in [0, 0.1) is 11.3 Å². The first-order valence-electron chi connectivity index (χ1n) is 9.83. The van der Waals surface area contributed by atoms with Gasteiger partial charge in [-0.15, -0.1) is 0 Å². The zero-order chi connectivity index (χ0) is 20.3. The lowest BCUT2D eigenvalue weighted by Crippen LogP contribution is -2.29. The van der Waals surface area contributed by atoms with Crippen molar-refractivity contribution in [2.45, 2.75) is 25.2 Å². The number of hydrogen-bond acceptors (Lipinski definition) is 2. The third-order valence-electron chi connectivity index (χ3n) is 5.57. The zero-order valence-corrected chi connectivity index (χ0v) is 16.4. The smallest absolute Gasteiger partial charge is 0.251 e. The normalized spacial score (nSPS) is 13.0. The van der Waals surface area contributed by atoms with Gasteiger partial charge in [-0.1, -0.05) is 79.7 Å². The molecule has 1 unspecified atom stereocenters. The van der Waals surface area contributed by atoms with Crippen LogP contribution in [0.4, 0.5) is 0 Å². The van der Waals surface area contributed by atoms with Gasteiger partial charge in [0.25, 0.3) is 5.56 Å². The maximum Gasteiger partial charge on any atom is 0.251 e. The van der Waals surface area contributed by atoms with Gasteiger partial charge in [0, 0.05) is 11.1 Å². The van der Waals surface area contributed by atoms with Gasteiger partial charge < -0.3 is 4.98 Å². The van der Waals surface area contributed by atoms with E-state index in [9.17, 15) is 10.1 Å². The van der Waals surface area contributed by atoms with E-state index in [-0.39, 0.29) is 5.56 Å². The van der Waals surface area contributed by atoms with E-state index < -0.39 is 5.41 Å². The average Bonchev–Trinajstić information content (AvgIpc) is 2.78. The van der Waals surface area contributed by atoms with Crippen LogP contribution < -0.4 is 5.56 Å². The standard InChI is InChI=1S/C26H22N2O/c1-2-20-15-21-13-14-23(16-24(21)28-25(20)29)26(18-27,22-11-7-4-8-12-22)17-19-9-5-3-6-10-19/h3-16H,2,17H2,1H3,(H,28,29). The molecule has 0 fully saturated rings. The second-order valence-electron chi connectivity index (χ2n) is 7.32. The SMILES string of the molecule is CCc1cc2ccc(C(C#N)(Cc3ccccc3)c3ccccc3)cc2[nH]c1=O. The summed E-state index contributed by atoms with van der Waals surface area (Å²) in [6.07, 6.45) is 1.24. The fourth-order valence-corrected chi connectivity index (χ4v) is 3.94. The highest BCUT2D eigenvalue weighted by Gasteiger charge is 2.35. The first-order valence-corrected chi connectivity index (χ1v) is 9.83. The van der Waals surface area contributed by atoms with E-state index in [2.05, 4.69) is 11.1 Å². The maximum absolute atomic E-state index is 12.3. The van der Waals surface area contributed by atoms with Crippen molar-refractivity contribution in [2.75, 3.05) is 0 Å². The molecule has 1 heterocycles. The molecule has 4 rings (SSSR count). The summed E-state index contributed by atoms with van der Waals surface area (Å²) in [6, 6.07) is 30.4. The fraction of sp³-hybridized carbons (Fsp3) is 0.154. The van der Waals surface area contributed by atoms with E-state index in [1.807, 2.05) is 91.9 Å². The predicted molar refractivity (Wildman–Crippen MR) is 117 cm³/mol. The van der Waals surface area contributed by atoms with Gasteiger partial charge in [0.15, 0.2) is 0 Å². The van der Waals surface area contributed by atoms with Crippen molar-refractivity contribution in [1.29, 1.82) is 5.26 Å². The minimum atomic E-state index is -0.850. The van der Waals surface area contributed by atoms with Gasteiger partial charge in [-0.25, -0.2) is 0 Å². The summed E-state index contributed by atoms with van der Waals surface area (Å²) in [4.78, 5) is 15.3. The second-order valence-corrected chi connectivity index (χ2v) is 7.32. The van der Waals surface area contributed by atoms with Crippen molar-refractivity contribution in [2.24, 2.45) is 0 Å². The highest BCUT2D eigenvalue weighted by atomic mass is 16.1. The molecular weight excluding hydrogens is 356 g/mol. The minimum Gasteiger partial charge on any atom is -0.322 e. The van der Waals surface area contributed by atoms with Crippen molar-refractivity contribution in [3.8, 4) is 6.07 Å². The average molecular weight is 378 g/mol. The Morgan fingerprint density at radius 2 is 1.59 bits per heavy atom. The van der Waals surface area contributed by atoms with Crippen LogP contribution in [0.5, 0.6) is 0 Å². The Balaban J connectivity index is 1.93. The van der Waals surface area contributed by atoms with Gasteiger partial charge in [0.2, 0.25) is 0 Å². The summed E-state index contributed by atoms with van der Waals surface area (Å²) in [6.45, 7) is 1.97. The Labute approximate surface area is 170 Å². The number of nitrogens with zero attached hydrogens (tertiary/aromatic N) is 1. The zero-order valence-electron chi connectivity index (χ0n) is 16.4. The van der Waals surface area contributed by atoms with Crippen LogP contribution in [0.15, 0.2) is 89.7 Å². The van der Waals surface area contributed by atoms with Crippen molar-refractivity contribution in [1.82, 2.24) is 4.98 Å². The molecule has 0 saturated heterocycles. The topological polar surface area (TPSA) is 56.6 Å². The number of aromatic amines is 1. The third kappa shape index (κ3) is 3.46. The third-order valence-corrected chi connectivity index (χ3v) is 5.57. The molecule has 1 atom stereocenters. The van der Waals surface area contributed by atoms with E-state index in [4.69, 9.17) is 0 Å². The first kappa shape index (κ1) is 18.7. The lowest BCUT2D eigenvalue weighted by Gasteiger charge is -2.28. The van der Waals surface area contributed by atoms with E-state index in [1.54, 1.807) is 0 Å². The van der Waals surface area contributed by atoms with Crippen LogP contribution in [-0.2, 0) is 18.3 Å². The molecule has 0 spiro atoms. The van der Waals surface area contributed by atoms with Crippen molar-refractivity contribution < 1.29 is 0 Å². The lowest BCUT2D eigenvalue weighted by molar-refractivity contribution is 0.654. The van der Waals surface area contributed by atoms with Gasteiger partial charge in [-0.3, -0.25) is 4.79 Å². The van der Waals surface area contributed by atoms with Gasteiger partial charge in [0.1, 0.15) is 5.41 Å². The number of aromatic nitrogens is 1. The van der Waals surface area contributed by atoms with Crippen LogP contribution in [0.3, 0.4) is 0 Å². The molecule has 3 aromatic carbocycles. The molecule has 142 valence electrons. The molecule has 29 heavy (non-hydrogen) atoms. The predicted octanol–water partition coefficient (Wildman–Crippen LogP) is 5.14. The highest BCUT2D eigenvalue weighted by molar-refractivity contribution is 5.80. The van der Waals surface area contributed by atoms with Crippen LogP contribution >= 0.6 is 0 Å². The summed E-state index contributed by atoms with van der Waals surface area (Å²) < 4.78 is 0. The number of nitriles is 1. The number of rotatable bonds is 5. The Hall–Kier alpha value is -3.64. The Morgan fingerprint density at radius 3 is 2.24 bits per heavy atom. The van der Waals surface area contributed by atoms with Crippen molar-refractivity contribution >= 4 is 10.9 Å². The number of pyridine rings is 1. The van der Waals surface area contributed by atoms with Gasteiger partial charge in [-0.2, -0.15) is 5.26 Å². The van der Waals surface area contributed by atoms with Crippen molar-refractivity contribution in [3.63, 3.8) is 0 Å². The summed E-state index contributed by atoms with van der Waals surface area (Å²) in [5.74, 6) is 0. The molecular formula is C26H22N2O. The molecule has 0 amide bonds. The Kier molecular flexibility index (Phi) is 5.01. The monoisotopic (exact) mass is 378 g/mol. The Bertz CT molecular complexity index is 1240. The molecule has 0 aliphatic rings. The van der Waals surface area contributed by atoms with Crippen LogP contribution in [0.1, 0.15) is 29.2 Å². The number of aryl methyl sites for hydroxylation is 1. The molecule has 0 saturated carbocycles. The van der Waals surface area contributed by atoms with E-state index in [0.29, 0.717) is 12.8 Å². The van der Waals surface area contributed by atoms with Crippen molar-refractivity contribution in [3.05, 3.63) is 118 Å². The summed E-state index contributed by atoms with van der Waals surface area (Å²) >= 11 is 0. The molecule has 1 aromatic heterocycles. The van der Waals surface area contributed by atoms with Gasteiger partial charge in [0.05, 0.1) is 6.07 Å². The number of fused-ring (bicyclic) bond motifs is 1. The summed E-state index contributed by atoms with van der Waals surface area (Å²) in [5.41, 5.74) is 3.52. The molecule has 4 aromatic rings. The van der Waals surface area contributed by atoms with Crippen LogP contribution in [0.2, 0.25) is 0 Å². The lowest BCUT2D eigenvalue weighted by atomic mass is 9.71. The Morgan fingerprint density at radius 1 is 0.897 bits per heavy atom. The molecule has 0 aliphatic carbocycles. The molecule has 3 nitrogen and oxygen atoms in total. The largest absolute Gasteiger partial charge is 0.322 e. The highest BCUT2D eigenvalue weighted by Crippen LogP contribution is 2.36. The summed E-state index contributed by atoms with van der Waals surface area (Å²) in [5, 5.41) is 11.4. The maximum atomic E-state index is 12.3. The summed E-state index contributed by atoms with van der Waals surface area (Å²) in [7, 11) is 0. The number of hydrogen-bond donors (Lipinski definition) is 1. The molecule has 1 N–H and O–H groups in total. The van der Waals surface area contributed by atoms with E-state index in [1.165, 1.54) is 0 Å². The minimum absolute atomic E-state index is 0.0671.